The highest BCUT2D eigenvalue weighted by atomic mass is 16.3. The number of hydrogen-bond donors (Lipinski definition) is 0. The second-order valence-electron chi connectivity index (χ2n) is 4.64. The molecule has 0 fully saturated rings. The van der Waals surface area contributed by atoms with Crippen molar-refractivity contribution in [3.05, 3.63) is 23.7 Å². The molecule has 0 aromatic carbocycles. The summed E-state index contributed by atoms with van der Waals surface area (Å²) < 4.78 is 5.86. The van der Waals surface area contributed by atoms with Gasteiger partial charge in [0.1, 0.15) is 11.5 Å². The average molecular weight is 237 g/mol. The molecule has 0 saturated carbocycles. The summed E-state index contributed by atoms with van der Waals surface area (Å²) in [4.78, 5) is 2.37. The molecule has 0 aliphatic rings. The van der Waals surface area contributed by atoms with Crippen LogP contribution in [0.3, 0.4) is 0 Å². The highest BCUT2D eigenvalue weighted by Crippen LogP contribution is 2.13. The molecule has 17 heavy (non-hydrogen) atoms. The van der Waals surface area contributed by atoms with E-state index in [-0.39, 0.29) is 0 Å². The van der Waals surface area contributed by atoms with E-state index in [1.54, 1.807) is 0 Å². The Morgan fingerprint density at radius 3 is 2.29 bits per heavy atom. The normalized spacial score (nSPS) is 11.3. The van der Waals surface area contributed by atoms with Crippen LogP contribution in [0.5, 0.6) is 0 Å². The van der Waals surface area contributed by atoms with Crippen LogP contribution in [0.15, 0.2) is 16.5 Å². The monoisotopic (exact) mass is 237 g/mol. The van der Waals surface area contributed by atoms with E-state index in [9.17, 15) is 0 Å². The first-order valence-corrected chi connectivity index (χ1v) is 7.10. The van der Waals surface area contributed by atoms with Crippen LogP contribution in [0.2, 0.25) is 0 Å². The molecule has 0 N–H and O–H groups in total. The van der Waals surface area contributed by atoms with Gasteiger partial charge in [-0.15, -0.1) is 0 Å². The molecule has 0 saturated heterocycles. The molecule has 1 rings (SSSR count). The van der Waals surface area contributed by atoms with Crippen LogP contribution < -0.4 is 0 Å². The van der Waals surface area contributed by atoms with Crippen molar-refractivity contribution in [2.45, 2.75) is 59.4 Å². The predicted octanol–water partition coefficient (Wildman–Crippen LogP) is 4.24. The Morgan fingerprint density at radius 2 is 1.65 bits per heavy atom. The topological polar surface area (TPSA) is 16.4 Å². The second kappa shape index (κ2) is 8.35. The van der Waals surface area contributed by atoms with Crippen LogP contribution in [0.4, 0.5) is 0 Å². The molecule has 0 amide bonds. The molecular weight excluding hydrogens is 210 g/mol. The Hall–Kier alpha value is -0.760. The molecule has 0 bridgehead atoms. The summed E-state index contributed by atoms with van der Waals surface area (Å²) in [6.07, 6.45) is 6.31. The predicted molar refractivity (Wildman–Crippen MR) is 73.2 cm³/mol. The fourth-order valence-electron chi connectivity index (χ4n) is 2.04. The summed E-state index contributed by atoms with van der Waals surface area (Å²) in [5.41, 5.74) is 0. The van der Waals surface area contributed by atoms with Gasteiger partial charge in [-0.3, -0.25) is 4.90 Å². The van der Waals surface area contributed by atoms with E-state index in [2.05, 4.69) is 37.8 Å². The number of hydrogen-bond acceptors (Lipinski definition) is 2. The van der Waals surface area contributed by atoms with Crippen molar-refractivity contribution in [2.75, 3.05) is 13.1 Å². The molecule has 0 radical (unpaired) electrons. The van der Waals surface area contributed by atoms with Gasteiger partial charge in [-0.1, -0.05) is 40.0 Å². The Kier molecular flexibility index (Phi) is 7.02. The molecule has 0 spiro atoms. The van der Waals surface area contributed by atoms with Gasteiger partial charge in [-0.2, -0.15) is 0 Å². The highest BCUT2D eigenvalue weighted by molar-refractivity contribution is 5.07. The Morgan fingerprint density at radius 1 is 0.941 bits per heavy atom. The Labute approximate surface area is 106 Å². The van der Waals surface area contributed by atoms with Gasteiger partial charge in [-0.05, 0) is 31.6 Å². The third kappa shape index (κ3) is 5.40. The van der Waals surface area contributed by atoms with Crippen molar-refractivity contribution in [2.24, 2.45) is 0 Å². The minimum Gasteiger partial charge on any atom is -0.465 e. The zero-order valence-corrected chi connectivity index (χ0v) is 11.7. The lowest BCUT2D eigenvalue weighted by atomic mass is 10.1. The van der Waals surface area contributed by atoms with Crippen molar-refractivity contribution in [1.29, 1.82) is 0 Å². The Balaban J connectivity index is 2.32. The van der Waals surface area contributed by atoms with Gasteiger partial charge in [0.15, 0.2) is 0 Å². The van der Waals surface area contributed by atoms with E-state index in [0.717, 1.165) is 37.6 Å². The fourth-order valence-corrected chi connectivity index (χ4v) is 2.04. The van der Waals surface area contributed by atoms with Crippen molar-refractivity contribution >= 4 is 0 Å². The van der Waals surface area contributed by atoms with Crippen LogP contribution >= 0.6 is 0 Å². The van der Waals surface area contributed by atoms with Gasteiger partial charge in [0.2, 0.25) is 0 Å². The molecule has 1 aromatic rings. The summed E-state index contributed by atoms with van der Waals surface area (Å²) in [5, 5.41) is 0. The maximum Gasteiger partial charge on any atom is 0.118 e. The first-order chi connectivity index (χ1) is 8.30. The van der Waals surface area contributed by atoms with Gasteiger partial charge in [-0.25, -0.2) is 0 Å². The summed E-state index contributed by atoms with van der Waals surface area (Å²) in [5.74, 6) is 2.27. The fraction of sp³-hybridized carbons (Fsp3) is 0.733. The van der Waals surface area contributed by atoms with E-state index >= 15 is 0 Å². The molecule has 0 aliphatic heterocycles. The largest absolute Gasteiger partial charge is 0.465 e. The van der Waals surface area contributed by atoms with Gasteiger partial charge >= 0.3 is 0 Å². The maximum atomic E-state index is 5.86. The van der Waals surface area contributed by atoms with E-state index < -0.39 is 0 Å². The lowest BCUT2D eigenvalue weighted by Crippen LogP contribution is -2.21. The van der Waals surface area contributed by atoms with Crippen molar-refractivity contribution in [1.82, 2.24) is 4.90 Å². The van der Waals surface area contributed by atoms with Crippen molar-refractivity contribution < 1.29 is 4.42 Å². The average Bonchev–Trinajstić information content (AvgIpc) is 2.79. The van der Waals surface area contributed by atoms with Crippen LogP contribution in [0.25, 0.3) is 0 Å². The summed E-state index contributed by atoms with van der Waals surface area (Å²) in [7, 11) is 0. The quantitative estimate of drug-likeness (QED) is 0.597. The van der Waals surface area contributed by atoms with Gasteiger partial charge in [0.25, 0.3) is 0 Å². The summed E-state index contributed by atoms with van der Waals surface area (Å²) >= 11 is 0. The zero-order valence-electron chi connectivity index (χ0n) is 11.7. The van der Waals surface area contributed by atoms with Gasteiger partial charge < -0.3 is 4.42 Å². The Bertz CT molecular complexity index is 289. The molecule has 0 unspecified atom stereocenters. The van der Waals surface area contributed by atoms with Crippen LogP contribution in [0, 0.1) is 0 Å². The van der Waals surface area contributed by atoms with Crippen molar-refractivity contribution in [3.63, 3.8) is 0 Å². The molecule has 2 nitrogen and oxygen atoms in total. The smallest absolute Gasteiger partial charge is 0.118 e. The van der Waals surface area contributed by atoms with E-state index in [1.807, 2.05) is 0 Å². The summed E-state index contributed by atoms with van der Waals surface area (Å²) in [6.45, 7) is 9.75. The van der Waals surface area contributed by atoms with E-state index in [1.165, 1.54) is 25.7 Å². The molecule has 1 heterocycles. The first-order valence-electron chi connectivity index (χ1n) is 7.10. The van der Waals surface area contributed by atoms with Crippen LogP contribution in [-0.4, -0.2) is 18.0 Å². The number of unbranched alkanes of at least 4 members (excludes halogenated alkanes) is 3. The SMILES string of the molecule is CCCCCCc1ccc(CN(CC)CC)o1. The summed E-state index contributed by atoms with van der Waals surface area (Å²) in [6, 6.07) is 4.28. The molecular formula is C15H27NO. The molecule has 0 atom stereocenters. The van der Waals surface area contributed by atoms with Crippen molar-refractivity contribution in [3.8, 4) is 0 Å². The number of aryl methyl sites for hydroxylation is 1. The molecule has 1 aromatic heterocycles. The van der Waals surface area contributed by atoms with Gasteiger partial charge in [0, 0.05) is 6.42 Å². The minimum absolute atomic E-state index is 0.946. The first kappa shape index (κ1) is 14.3. The number of nitrogens with zero attached hydrogens (tertiary/aromatic N) is 1. The standard InChI is InChI=1S/C15H27NO/c1-4-7-8-9-10-14-11-12-15(17-14)13-16(5-2)6-3/h11-12H,4-10,13H2,1-3H3. The molecule has 2 heteroatoms. The molecule has 0 aliphatic carbocycles. The second-order valence-corrected chi connectivity index (χ2v) is 4.64. The van der Waals surface area contributed by atoms with Crippen LogP contribution in [0.1, 0.15) is 58.0 Å². The lowest BCUT2D eigenvalue weighted by Gasteiger charge is -2.15. The molecule has 98 valence electrons. The third-order valence-electron chi connectivity index (χ3n) is 3.27. The minimum atomic E-state index is 0.946. The van der Waals surface area contributed by atoms with E-state index in [4.69, 9.17) is 4.42 Å². The number of furan rings is 1. The third-order valence-corrected chi connectivity index (χ3v) is 3.27. The van der Waals surface area contributed by atoms with E-state index in [0.29, 0.717) is 0 Å². The van der Waals surface area contributed by atoms with Gasteiger partial charge in [0.05, 0.1) is 6.54 Å². The lowest BCUT2D eigenvalue weighted by molar-refractivity contribution is 0.265. The zero-order chi connectivity index (χ0) is 12.5. The van der Waals surface area contributed by atoms with Crippen LogP contribution in [-0.2, 0) is 13.0 Å². The highest BCUT2D eigenvalue weighted by Gasteiger charge is 2.05. The number of rotatable bonds is 9. The maximum absolute atomic E-state index is 5.86.